The lowest BCUT2D eigenvalue weighted by Gasteiger charge is -2.19. The molecule has 1 nitrogen and oxygen atoms in total. The Labute approximate surface area is 136 Å². The predicted molar refractivity (Wildman–Crippen MR) is 85.4 cm³/mol. The van der Waals surface area contributed by atoms with Crippen LogP contribution in [0.1, 0.15) is 29.8 Å². The summed E-state index contributed by atoms with van der Waals surface area (Å²) < 4.78 is 28.4. The molecule has 1 heterocycles. The number of benzene rings is 1. The minimum absolute atomic E-state index is 0.204. The molecular weight excluding hydrogens is 335 g/mol. The summed E-state index contributed by atoms with van der Waals surface area (Å²) >= 11 is 13.0. The topological polar surface area (TPSA) is 12.0 Å². The van der Waals surface area contributed by atoms with E-state index in [-0.39, 0.29) is 16.6 Å². The Morgan fingerprint density at radius 1 is 1.19 bits per heavy atom. The van der Waals surface area contributed by atoms with Crippen LogP contribution in [0.2, 0.25) is 9.36 Å². The van der Waals surface area contributed by atoms with Crippen LogP contribution in [0.5, 0.6) is 0 Å². The summed E-state index contributed by atoms with van der Waals surface area (Å²) in [5, 5.41) is 3.04. The molecule has 0 aliphatic rings. The molecule has 1 unspecified atom stereocenters. The Bertz CT molecular complexity index is 616. The lowest BCUT2D eigenvalue weighted by molar-refractivity contribution is 0.493. The predicted octanol–water partition coefficient (Wildman–Crippen LogP) is 5.62. The van der Waals surface area contributed by atoms with Crippen molar-refractivity contribution in [2.45, 2.75) is 25.8 Å². The van der Waals surface area contributed by atoms with E-state index in [0.29, 0.717) is 17.3 Å². The van der Waals surface area contributed by atoms with Crippen molar-refractivity contribution in [3.05, 3.63) is 55.7 Å². The van der Waals surface area contributed by atoms with E-state index in [1.807, 2.05) is 13.0 Å². The minimum atomic E-state index is -0.611. The molecule has 114 valence electrons. The van der Waals surface area contributed by atoms with Gasteiger partial charge in [0.05, 0.1) is 9.36 Å². The smallest absolute Gasteiger partial charge is 0.142 e. The third-order valence-electron chi connectivity index (χ3n) is 3.09. The molecule has 0 bridgehead atoms. The molecule has 0 spiro atoms. The average Bonchev–Trinajstić information content (AvgIpc) is 2.84. The van der Waals surface area contributed by atoms with Gasteiger partial charge < -0.3 is 5.32 Å². The van der Waals surface area contributed by atoms with Crippen LogP contribution in [0.25, 0.3) is 0 Å². The lowest BCUT2D eigenvalue weighted by Crippen LogP contribution is -2.25. The van der Waals surface area contributed by atoms with Crippen molar-refractivity contribution in [3.8, 4) is 0 Å². The Morgan fingerprint density at radius 2 is 1.95 bits per heavy atom. The Morgan fingerprint density at radius 3 is 2.57 bits per heavy atom. The number of halogens is 4. The Hall–Kier alpha value is -0.680. The van der Waals surface area contributed by atoms with Crippen LogP contribution in [0.4, 0.5) is 8.78 Å². The van der Waals surface area contributed by atoms with E-state index in [2.05, 4.69) is 5.32 Å². The van der Waals surface area contributed by atoms with E-state index in [1.54, 1.807) is 6.07 Å². The normalized spacial score (nSPS) is 12.6. The summed E-state index contributed by atoms with van der Waals surface area (Å²) in [5.41, 5.74) is 0.287. The fourth-order valence-electron chi connectivity index (χ4n) is 2.08. The maximum atomic E-state index is 14.1. The third-order valence-corrected chi connectivity index (χ3v) is 4.63. The highest BCUT2D eigenvalue weighted by Gasteiger charge is 2.19. The zero-order valence-electron chi connectivity index (χ0n) is 11.4. The number of thiophene rings is 1. The third kappa shape index (κ3) is 4.39. The van der Waals surface area contributed by atoms with Gasteiger partial charge in [0.2, 0.25) is 0 Å². The fourth-order valence-corrected chi connectivity index (χ4v) is 3.36. The van der Waals surface area contributed by atoms with Crippen LogP contribution < -0.4 is 5.32 Å². The lowest BCUT2D eigenvalue weighted by atomic mass is 10.0. The van der Waals surface area contributed by atoms with Crippen molar-refractivity contribution in [2.75, 3.05) is 6.54 Å². The molecule has 2 aromatic rings. The molecule has 2 rings (SSSR count). The maximum absolute atomic E-state index is 14.1. The summed E-state index contributed by atoms with van der Waals surface area (Å²) in [7, 11) is 0. The molecule has 0 saturated heterocycles. The molecule has 1 atom stereocenters. The zero-order chi connectivity index (χ0) is 15.4. The molecule has 0 aliphatic carbocycles. The van der Waals surface area contributed by atoms with Crippen LogP contribution in [0.3, 0.4) is 0 Å². The zero-order valence-corrected chi connectivity index (χ0v) is 13.8. The average molecular weight is 350 g/mol. The van der Waals surface area contributed by atoms with E-state index in [1.165, 1.54) is 17.4 Å². The van der Waals surface area contributed by atoms with Crippen LogP contribution >= 0.6 is 34.5 Å². The number of hydrogen-bond acceptors (Lipinski definition) is 2. The second-order valence-corrected chi connectivity index (χ2v) is 6.91. The molecule has 0 aliphatic heterocycles. The van der Waals surface area contributed by atoms with Gasteiger partial charge in [0.15, 0.2) is 0 Å². The Balaban J connectivity index is 2.28. The van der Waals surface area contributed by atoms with Crippen molar-refractivity contribution < 1.29 is 8.78 Å². The molecule has 0 saturated carbocycles. The van der Waals surface area contributed by atoms with E-state index >= 15 is 0 Å². The van der Waals surface area contributed by atoms with Crippen molar-refractivity contribution in [2.24, 2.45) is 0 Å². The van der Waals surface area contributed by atoms with E-state index < -0.39 is 11.6 Å². The summed E-state index contributed by atoms with van der Waals surface area (Å²) in [4.78, 5) is 1.02. The SMILES string of the molecule is CCCNC(Cc1ccc(Cl)s1)c1cc(F)c(Cl)cc1F. The van der Waals surface area contributed by atoms with Crippen molar-refractivity contribution in [3.63, 3.8) is 0 Å². The van der Waals surface area contributed by atoms with E-state index in [9.17, 15) is 8.78 Å². The molecule has 0 fully saturated rings. The molecule has 1 aromatic heterocycles. The molecule has 6 heteroatoms. The summed E-state index contributed by atoms with van der Waals surface area (Å²) in [6, 6.07) is 5.58. The van der Waals surface area contributed by atoms with E-state index in [4.69, 9.17) is 23.2 Å². The van der Waals surface area contributed by atoms with E-state index in [0.717, 1.165) is 17.4 Å². The number of nitrogens with one attached hydrogen (secondary N) is 1. The van der Waals surface area contributed by atoms with Gasteiger partial charge in [-0.2, -0.15) is 0 Å². The van der Waals surface area contributed by atoms with Crippen molar-refractivity contribution in [1.82, 2.24) is 5.32 Å². The quantitative estimate of drug-likeness (QED) is 0.667. The minimum Gasteiger partial charge on any atom is -0.310 e. The first-order valence-corrected chi connectivity index (χ1v) is 8.20. The van der Waals surface area contributed by atoms with Gasteiger partial charge in [0, 0.05) is 22.9 Å². The largest absolute Gasteiger partial charge is 0.310 e. The molecule has 0 amide bonds. The molecule has 1 aromatic carbocycles. The first-order valence-electron chi connectivity index (χ1n) is 6.63. The van der Waals surface area contributed by atoms with Gasteiger partial charge in [-0.25, -0.2) is 8.78 Å². The first-order chi connectivity index (χ1) is 10.0. The number of rotatable bonds is 6. The van der Waals surface area contributed by atoms with Crippen LogP contribution in [-0.4, -0.2) is 6.54 Å². The van der Waals surface area contributed by atoms with Crippen molar-refractivity contribution >= 4 is 34.5 Å². The van der Waals surface area contributed by atoms with Gasteiger partial charge >= 0.3 is 0 Å². The van der Waals surface area contributed by atoms with Crippen LogP contribution in [-0.2, 0) is 6.42 Å². The van der Waals surface area contributed by atoms with Crippen LogP contribution in [0, 0.1) is 11.6 Å². The second-order valence-electron chi connectivity index (χ2n) is 4.70. The maximum Gasteiger partial charge on any atom is 0.142 e. The standard InChI is InChI=1S/C15H15Cl2F2NS/c1-2-5-20-14(6-9-3-4-15(17)21-9)10-7-13(19)11(16)8-12(10)18/h3-4,7-8,14,20H,2,5-6H2,1H3. The summed E-state index contributed by atoms with van der Waals surface area (Å²) in [6.07, 6.45) is 1.45. The Kier molecular flexibility index (Phi) is 5.99. The number of hydrogen-bond donors (Lipinski definition) is 1. The van der Waals surface area contributed by atoms with Crippen LogP contribution in [0.15, 0.2) is 24.3 Å². The first kappa shape index (κ1) is 16.7. The highest BCUT2D eigenvalue weighted by molar-refractivity contribution is 7.16. The van der Waals surface area contributed by atoms with Crippen molar-refractivity contribution in [1.29, 1.82) is 0 Å². The molecule has 21 heavy (non-hydrogen) atoms. The summed E-state index contributed by atoms with van der Waals surface area (Å²) in [5.74, 6) is -1.11. The highest BCUT2D eigenvalue weighted by atomic mass is 35.5. The van der Waals surface area contributed by atoms with Gasteiger partial charge in [-0.1, -0.05) is 30.1 Å². The molecule has 1 N–H and O–H groups in total. The highest BCUT2D eigenvalue weighted by Crippen LogP contribution is 2.29. The second kappa shape index (κ2) is 7.54. The monoisotopic (exact) mass is 349 g/mol. The van der Waals surface area contributed by atoms with Gasteiger partial charge in [0.1, 0.15) is 11.6 Å². The van der Waals surface area contributed by atoms with Gasteiger partial charge in [-0.15, -0.1) is 11.3 Å². The van der Waals surface area contributed by atoms with Gasteiger partial charge in [-0.3, -0.25) is 0 Å². The summed E-state index contributed by atoms with van der Waals surface area (Å²) in [6.45, 7) is 2.73. The molecule has 0 radical (unpaired) electrons. The van der Waals surface area contributed by atoms with Gasteiger partial charge in [-0.05, 0) is 37.2 Å². The van der Waals surface area contributed by atoms with Gasteiger partial charge in [0.25, 0.3) is 0 Å². The molecular formula is C15H15Cl2F2NS. The fraction of sp³-hybridized carbons (Fsp3) is 0.333.